The van der Waals surface area contributed by atoms with Crippen molar-refractivity contribution in [1.82, 2.24) is 0 Å². The van der Waals surface area contributed by atoms with Gasteiger partial charge in [0.2, 0.25) is 0 Å². The summed E-state index contributed by atoms with van der Waals surface area (Å²) in [6.45, 7) is 0. The summed E-state index contributed by atoms with van der Waals surface area (Å²) >= 11 is 0. The van der Waals surface area contributed by atoms with Gasteiger partial charge in [-0.3, -0.25) is 9.59 Å². The van der Waals surface area contributed by atoms with Crippen molar-refractivity contribution in [2.24, 2.45) is 353 Å². The summed E-state index contributed by atoms with van der Waals surface area (Å²) in [6, 6.07) is 26.9. The van der Waals surface area contributed by atoms with Crippen molar-refractivity contribution in [3.05, 3.63) is 71.8 Å². The largest absolute Gasteiger partial charge is 0.469 e. The van der Waals surface area contributed by atoms with Gasteiger partial charge in [0.25, 0.3) is 0 Å². The molecule has 4 spiro atoms. The zero-order valence-electron chi connectivity index (χ0n) is 51.0. The van der Waals surface area contributed by atoms with Gasteiger partial charge < -0.3 is 9.47 Å². The molecule has 16 unspecified atom stereocenters. The summed E-state index contributed by atoms with van der Waals surface area (Å²) < 4.78 is 11.6. The summed E-state index contributed by atoms with van der Waals surface area (Å²) in [4.78, 5) is 28.0. The van der Waals surface area contributed by atoms with Gasteiger partial charge >= 0.3 is 11.9 Å². The van der Waals surface area contributed by atoms with E-state index in [1.54, 1.807) is 14.2 Å². The molecule has 2 aromatic carbocycles. The molecular formula is C84H84O4. The average molecular weight is 1160 g/mol. The van der Waals surface area contributed by atoms with Crippen LogP contribution in [0, 0.1) is 353 Å². The van der Waals surface area contributed by atoms with E-state index in [9.17, 15) is 9.59 Å². The molecule has 0 amide bonds. The number of carbonyl (C=O) groups excluding carboxylic acids is 2. The number of ether oxygens (including phenoxy) is 2. The molecule has 0 aromatic heterocycles. The van der Waals surface area contributed by atoms with Gasteiger partial charge in [-0.15, -0.1) is 0 Å². The predicted molar refractivity (Wildman–Crippen MR) is 313 cm³/mol. The molecule has 34 fully saturated rings. The maximum atomic E-state index is 14.0. The van der Waals surface area contributed by atoms with Crippen LogP contribution in [0.4, 0.5) is 0 Å². The van der Waals surface area contributed by atoms with E-state index in [1.807, 2.05) is 11.1 Å². The molecule has 0 saturated heterocycles. The second-order valence-electron chi connectivity index (χ2n) is 42.8. The van der Waals surface area contributed by atoms with Gasteiger partial charge in [-0.1, -0.05) is 60.7 Å². The highest BCUT2D eigenvalue weighted by Gasteiger charge is 3.15. The molecule has 4 heteroatoms. The molecule has 0 aliphatic heterocycles. The third-order valence-electron chi connectivity index (χ3n) is 48.2. The minimum absolute atomic E-state index is 0.101. The zero-order chi connectivity index (χ0) is 54.4. The van der Waals surface area contributed by atoms with Crippen molar-refractivity contribution in [3.63, 3.8) is 0 Å². The molecule has 34 saturated carbocycles. The number of carbonyl (C=O) groups is 2. The minimum Gasteiger partial charge on any atom is -0.469 e. The second kappa shape index (κ2) is 11.0. The first kappa shape index (κ1) is 42.7. The van der Waals surface area contributed by atoms with Crippen molar-refractivity contribution in [2.45, 2.75) is 49.4 Å². The van der Waals surface area contributed by atoms with Gasteiger partial charge in [-0.2, -0.15) is 0 Å². The van der Waals surface area contributed by atoms with E-state index in [4.69, 9.17) is 9.47 Å². The fraction of sp³-hybridized carbons (Fsp3) is 0.833. The van der Waals surface area contributed by atoms with Crippen LogP contribution >= 0.6 is 0 Å². The molecule has 34 aliphatic carbocycles. The molecule has 0 radical (unpaired) electrons. The van der Waals surface area contributed by atoms with Crippen molar-refractivity contribution < 1.29 is 19.1 Å². The van der Waals surface area contributed by atoms with Crippen LogP contribution in [0.25, 0.3) is 0 Å². The number of hydrogen-bond donors (Lipinski definition) is 0. The maximum Gasteiger partial charge on any atom is 0.305 e. The third kappa shape index (κ3) is 2.66. The maximum absolute atomic E-state index is 14.0. The van der Waals surface area contributed by atoms with E-state index in [2.05, 4.69) is 60.7 Å². The van der Waals surface area contributed by atoms with Crippen LogP contribution in [-0.4, -0.2) is 26.2 Å². The molecule has 444 valence electrons. The minimum atomic E-state index is 0.101. The van der Waals surface area contributed by atoms with Crippen molar-refractivity contribution in [2.75, 3.05) is 14.2 Å². The van der Waals surface area contributed by atoms with Crippen molar-refractivity contribution in [1.29, 1.82) is 0 Å². The number of esters is 2. The third-order valence-corrected chi connectivity index (χ3v) is 48.2. The first-order valence-corrected chi connectivity index (χ1v) is 39.8. The topological polar surface area (TPSA) is 52.6 Å². The molecule has 2 aromatic rings. The summed E-state index contributed by atoms with van der Waals surface area (Å²) in [6.07, 6.45) is 6.21. The Labute approximate surface area is 516 Å². The van der Waals surface area contributed by atoms with E-state index < -0.39 is 0 Å². The molecule has 0 bridgehead atoms. The van der Waals surface area contributed by atoms with Crippen LogP contribution in [0.3, 0.4) is 0 Å². The van der Waals surface area contributed by atoms with E-state index in [-0.39, 0.29) is 22.8 Å². The standard InChI is InChI=1S/C84H84O4/c1-87-21(85)15-9-17-79(19-11-5-3-6-12-19)81-71-55-39-23-25-43-31-27(39)47-35-37-49-29-33-45-26-24-41(29)57(73(81)65(49)63(47)71)58-42(24)30-34-46(26)62-61(45)77-69(53(33)37)67(51(31)35)75-59(43)60-44(25)32-28-40(23)56(55)72-64-48(28)36-38(50(30)66(64)74(58)82(72,79)81)54(34)70-68(52(32)36)76(60)84(78(62)70)80(83(75,77)84,18-10-16-22(86)88-2)20-13-7-4-8-14-20/h3-8,11-14,23-78H,9-10,15-18H2,1-2H3. The quantitative estimate of drug-likeness (QED) is 0.223. The Balaban J connectivity index is 0.772. The fourth-order valence-electron chi connectivity index (χ4n) is 54.9. The van der Waals surface area contributed by atoms with Crippen LogP contribution in [-0.2, 0) is 29.9 Å². The Morgan fingerprint density at radius 1 is 0.261 bits per heavy atom. The number of rotatable bonds is 10. The molecule has 16 atom stereocenters. The molecule has 88 heavy (non-hydrogen) atoms. The molecule has 0 N–H and O–H groups in total. The summed E-state index contributed by atoms with van der Waals surface area (Å²) in [7, 11) is 3.45. The second-order valence-corrected chi connectivity index (χ2v) is 42.8. The van der Waals surface area contributed by atoms with Crippen molar-refractivity contribution >= 4 is 11.9 Å². The van der Waals surface area contributed by atoms with Gasteiger partial charge in [0.15, 0.2) is 0 Å². The van der Waals surface area contributed by atoms with Gasteiger partial charge in [-0.25, -0.2) is 0 Å². The van der Waals surface area contributed by atoms with Crippen LogP contribution < -0.4 is 0 Å². The first-order chi connectivity index (χ1) is 43.6. The van der Waals surface area contributed by atoms with Crippen molar-refractivity contribution in [3.8, 4) is 0 Å². The SMILES string of the molecule is COC(=O)CCCC1(c2ccccc2)C23C4C5C6C7C8C9C%10C6C6C%11C%12C%10C%10C9C9C%13C8C8C%14C%15C%16C%17C%18C%19C%20C%16C(C%16C%20C%20C%21C%19C%19C%18C(C%13C%17%14)C9%13C(CCCC(=O)OC)(c9ccccc9)C%139C%10C%10C%12C%12C(C%20C%13C(C%11%12)C(C65)C12C%16%13)C%21C%10C%199)C3C%15C4C78. The van der Waals surface area contributed by atoms with E-state index >= 15 is 0 Å². The highest BCUT2D eigenvalue weighted by molar-refractivity contribution is 5.71. The average Bonchev–Trinajstić information content (AvgIpc) is 1.36. The molecular weight excluding hydrogens is 1070 g/mol. The lowest BCUT2D eigenvalue weighted by Crippen LogP contribution is -2.62. The lowest BCUT2D eigenvalue weighted by atomic mass is 9.39. The Hall–Kier alpha value is -2.62. The zero-order valence-corrected chi connectivity index (χ0v) is 51.0. The normalized spacial score (nSPS) is 84.7. The Morgan fingerprint density at radius 2 is 0.420 bits per heavy atom. The Morgan fingerprint density at radius 3 is 0.580 bits per heavy atom. The number of benzene rings is 2. The lowest BCUT2D eigenvalue weighted by molar-refractivity contribution is -0.183. The van der Waals surface area contributed by atoms with Gasteiger partial charge in [-0.05, 0) is 390 Å². The highest BCUT2D eigenvalue weighted by atomic mass is 16.5. The van der Waals surface area contributed by atoms with Crippen LogP contribution in [0.5, 0.6) is 0 Å². The van der Waals surface area contributed by atoms with E-state index in [0.29, 0.717) is 34.5 Å². The number of methoxy groups -OCH3 is 2. The smallest absolute Gasteiger partial charge is 0.305 e. The van der Waals surface area contributed by atoms with Crippen LogP contribution in [0.1, 0.15) is 49.7 Å². The monoisotopic (exact) mass is 1160 g/mol. The summed E-state index contributed by atoms with van der Waals surface area (Å²) in [5.74, 6) is 60.4. The van der Waals surface area contributed by atoms with Gasteiger partial charge in [0, 0.05) is 23.7 Å². The Kier molecular flexibility index (Phi) is 5.31. The lowest BCUT2D eigenvalue weighted by Gasteiger charge is -2.65. The molecule has 4 nitrogen and oxygen atoms in total. The van der Waals surface area contributed by atoms with Gasteiger partial charge in [0.05, 0.1) is 14.2 Å². The molecule has 0 heterocycles. The fourth-order valence-corrected chi connectivity index (χ4v) is 54.9. The summed E-state index contributed by atoms with van der Waals surface area (Å²) in [5.41, 5.74) is 6.32. The number of hydrogen-bond acceptors (Lipinski definition) is 4. The van der Waals surface area contributed by atoms with Gasteiger partial charge in [0.1, 0.15) is 0 Å². The first-order valence-electron chi connectivity index (χ1n) is 39.8. The van der Waals surface area contributed by atoms with Crippen LogP contribution in [0.2, 0.25) is 0 Å². The van der Waals surface area contributed by atoms with E-state index in [0.717, 1.165) is 344 Å². The van der Waals surface area contributed by atoms with E-state index in [1.165, 1.54) is 12.8 Å². The highest BCUT2D eigenvalue weighted by Crippen LogP contribution is 3.17. The summed E-state index contributed by atoms with van der Waals surface area (Å²) in [5, 5.41) is 0. The Bertz CT molecular complexity index is 3490. The predicted octanol–water partition coefficient (Wildman–Crippen LogP) is 11.5. The van der Waals surface area contributed by atoms with Crippen LogP contribution in [0.15, 0.2) is 60.7 Å². The molecule has 34 aliphatic rings. The molecule has 36 rings (SSSR count).